The summed E-state index contributed by atoms with van der Waals surface area (Å²) >= 11 is 12.0. The van der Waals surface area contributed by atoms with E-state index in [1.165, 1.54) is 19.2 Å². The molecule has 2 fully saturated rings. The van der Waals surface area contributed by atoms with Crippen molar-refractivity contribution in [3.8, 4) is 11.5 Å². The summed E-state index contributed by atoms with van der Waals surface area (Å²) in [5, 5.41) is 11.0. The largest absolute Gasteiger partial charge is 0.507 e. The molecule has 0 radical (unpaired) electrons. The van der Waals surface area contributed by atoms with Crippen molar-refractivity contribution in [2.24, 2.45) is 11.8 Å². The zero-order valence-electron chi connectivity index (χ0n) is 17.4. The lowest BCUT2D eigenvalue weighted by atomic mass is 10.0. The number of esters is 1. The van der Waals surface area contributed by atoms with Gasteiger partial charge in [0.1, 0.15) is 23.7 Å². The van der Waals surface area contributed by atoms with Crippen molar-refractivity contribution in [3.63, 3.8) is 0 Å². The molecule has 32 heavy (non-hydrogen) atoms. The number of likely N-dealkylation sites (tertiary alicyclic amines) is 1. The molecule has 1 N–H and O–H groups in total. The zero-order chi connectivity index (χ0) is 22.8. The molecule has 1 unspecified atom stereocenters. The molecule has 1 saturated heterocycles. The Bertz CT molecular complexity index is 995. The second-order valence-corrected chi connectivity index (χ2v) is 9.01. The average molecular weight is 480 g/mol. The van der Waals surface area contributed by atoms with Crippen LogP contribution in [0.4, 0.5) is 4.79 Å². The Morgan fingerprint density at radius 1 is 1.06 bits per heavy atom. The predicted molar refractivity (Wildman–Crippen MR) is 118 cm³/mol. The highest BCUT2D eigenvalue weighted by Crippen LogP contribution is 2.40. The van der Waals surface area contributed by atoms with Crippen LogP contribution in [-0.2, 0) is 16.1 Å². The van der Waals surface area contributed by atoms with E-state index in [-0.39, 0.29) is 30.1 Å². The summed E-state index contributed by atoms with van der Waals surface area (Å²) in [7, 11) is 1.26. The third-order valence-electron chi connectivity index (χ3n) is 5.93. The van der Waals surface area contributed by atoms with Crippen LogP contribution >= 0.6 is 23.2 Å². The number of halogens is 2. The average Bonchev–Trinajstić information content (AvgIpc) is 3.29. The molecule has 0 aromatic heterocycles. The van der Waals surface area contributed by atoms with E-state index in [0.717, 1.165) is 18.4 Å². The maximum absolute atomic E-state index is 12.5. The Hall–Kier alpha value is -2.64. The summed E-state index contributed by atoms with van der Waals surface area (Å²) < 4.78 is 16.1. The maximum Gasteiger partial charge on any atom is 0.410 e. The Labute approximate surface area is 195 Å². The van der Waals surface area contributed by atoms with Crippen molar-refractivity contribution >= 4 is 35.3 Å². The van der Waals surface area contributed by atoms with Crippen LogP contribution in [-0.4, -0.2) is 48.4 Å². The van der Waals surface area contributed by atoms with Crippen molar-refractivity contribution in [3.05, 3.63) is 57.6 Å². The van der Waals surface area contributed by atoms with Crippen molar-refractivity contribution in [1.29, 1.82) is 0 Å². The number of phenolic OH excluding ortho intramolecular Hbond substituents is 1. The Kier molecular flexibility index (Phi) is 6.67. The van der Waals surface area contributed by atoms with Crippen molar-refractivity contribution in [2.45, 2.75) is 25.6 Å². The molecule has 2 aliphatic rings. The standard InChI is InChI=1S/C23H23Cl2NO6/c1-30-22(28)20-3-2-18(9-21(20)27)32-19-6-14-10-26(11-15(14)7-19)23(29)31-12-13-4-16(24)8-17(25)5-13/h2-5,8-9,14-15,19,27H,6-7,10-12H2,1H3/t14-,15+,19?. The van der Waals surface area contributed by atoms with Crippen LogP contribution in [0.2, 0.25) is 10.0 Å². The van der Waals surface area contributed by atoms with E-state index in [1.54, 1.807) is 29.2 Å². The van der Waals surface area contributed by atoms with E-state index in [9.17, 15) is 14.7 Å². The van der Waals surface area contributed by atoms with Crippen LogP contribution in [0.25, 0.3) is 0 Å². The molecule has 1 aliphatic carbocycles. The highest BCUT2D eigenvalue weighted by atomic mass is 35.5. The minimum Gasteiger partial charge on any atom is -0.507 e. The van der Waals surface area contributed by atoms with E-state index < -0.39 is 5.97 Å². The van der Waals surface area contributed by atoms with Gasteiger partial charge in [0.15, 0.2) is 0 Å². The van der Waals surface area contributed by atoms with Gasteiger partial charge in [-0.3, -0.25) is 0 Å². The van der Waals surface area contributed by atoms with Crippen LogP contribution in [0.1, 0.15) is 28.8 Å². The first kappa shape index (κ1) is 22.6. The van der Waals surface area contributed by atoms with Gasteiger partial charge in [0, 0.05) is 29.2 Å². The normalized spacial score (nSPS) is 21.8. The van der Waals surface area contributed by atoms with Gasteiger partial charge in [-0.05, 0) is 60.6 Å². The summed E-state index contributed by atoms with van der Waals surface area (Å²) in [5.74, 6) is 0.376. The van der Waals surface area contributed by atoms with Gasteiger partial charge in [-0.1, -0.05) is 23.2 Å². The lowest BCUT2D eigenvalue weighted by Crippen LogP contribution is -2.31. The van der Waals surface area contributed by atoms with E-state index in [4.69, 9.17) is 32.7 Å². The summed E-state index contributed by atoms with van der Waals surface area (Å²) in [4.78, 5) is 25.8. The topological polar surface area (TPSA) is 85.3 Å². The molecule has 2 aromatic rings. The van der Waals surface area contributed by atoms with E-state index in [2.05, 4.69) is 4.74 Å². The third kappa shape index (κ3) is 5.05. The predicted octanol–water partition coefficient (Wildman–Crippen LogP) is 4.91. The molecule has 170 valence electrons. The zero-order valence-corrected chi connectivity index (χ0v) is 18.9. The fourth-order valence-electron chi connectivity index (χ4n) is 4.48. The number of fused-ring (bicyclic) bond motifs is 1. The molecule has 2 aromatic carbocycles. The number of nitrogens with zero attached hydrogens (tertiary/aromatic N) is 1. The van der Waals surface area contributed by atoms with Gasteiger partial charge in [-0.25, -0.2) is 9.59 Å². The van der Waals surface area contributed by atoms with E-state index in [1.807, 2.05) is 0 Å². The fourth-order valence-corrected chi connectivity index (χ4v) is 5.05. The number of methoxy groups -OCH3 is 1. The fraction of sp³-hybridized carbons (Fsp3) is 0.391. The number of benzene rings is 2. The third-order valence-corrected chi connectivity index (χ3v) is 6.36. The molecular formula is C23H23Cl2NO6. The second-order valence-electron chi connectivity index (χ2n) is 8.14. The molecule has 9 heteroatoms. The Morgan fingerprint density at radius 2 is 1.72 bits per heavy atom. The molecule has 4 rings (SSSR count). The first-order valence-electron chi connectivity index (χ1n) is 10.3. The summed E-state index contributed by atoms with van der Waals surface area (Å²) in [6.07, 6.45) is 1.24. The van der Waals surface area contributed by atoms with Gasteiger partial charge in [0.2, 0.25) is 0 Å². The number of phenols is 1. The highest BCUT2D eigenvalue weighted by Gasteiger charge is 2.43. The van der Waals surface area contributed by atoms with Gasteiger partial charge in [-0.15, -0.1) is 0 Å². The SMILES string of the molecule is COC(=O)c1ccc(OC2C[C@@H]3CN(C(=O)OCc4cc(Cl)cc(Cl)c4)C[C@@H]3C2)cc1O. The minimum atomic E-state index is -0.602. The number of ether oxygens (including phenoxy) is 3. The second kappa shape index (κ2) is 9.46. The number of amides is 1. The van der Waals surface area contributed by atoms with Crippen LogP contribution < -0.4 is 4.74 Å². The first-order chi connectivity index (χ1) is 15.3. The van der Waals surface area contributed by atoms with Gasteiger partial charge in [-0.2, -0.15) is 0 Å². The molecule has 7 nitrogen and oxygen atoms in total. The number of carbonyl (C=O) groups excluding carboxylic acids is 2. The Morgan fingerprint density at radius 3 is 2.31 bits per heavy atom. The lowest BCUT2D eigenvalue weighted by molar-refractivity contribution is 0.0597. The summed E-state index contributed by atoms with van der Waals surface area (Å²) in [6.45, 7) is 1.35. The number of rotatable bonds is 5. The van der Waals surface area contributed by atoms with Crippen molar-refractivity contribution < 1.29 is 28.9 Å². The molecular weight excluding hydrogens is 457 g/mol. The van der Waals surface area contributed by atoms with Gasteiger partial charge in [0.05, 0.1) is 13.2 Å². The van der Waals surface area contributed by atoms with Gasteiger partial charge >= 0.3 is 12.1 Å². The van der Waals surface area contributed by atoms with Crippen molar-refractivity contribution in [2.75, 3.05) is 20.2 Å². The molecule has 1 heterocycles. The number of aromatic hydroxyl groups is 1. The van der Waals surface area contributed by atoms with Gasteiger partial charge in [0.25, 0.3) is 0 Å². The molecule has 1 aliphatic heterocycles. The monoisotopic (exact) mass is 479 g/mol. The number of carbonyl (C=O) groups is 2. The molecule has 0 bridgehead atoms. The van der Waals surface area contributed by atoms with Crippen LogP contribution in [0.15, 0.2) is 36.4 Å². The number of hydrogen-bond donors (Lipinski definition) is 1. The quantitative estimate of drug-likeness (QED) is 0.613. The minimum absolute atomic E-state index is 0.0138. The smallest absolute Gasteiger partial charge is 0.410 e. The number of hydrogen-bond acceptors (Lipinski definition) is 6. The van der Waals surface area contributed by atoms with Gasteiger partial charge < -0.3 is 24.2 Å². The molecule has 3 atom stereocenters. The van der Waals surface area contributed by atoms with E-state index >= 15 is 0 Å². The molecule has 1 amide bonds. The maximum atomic E-state index is 12.5. The molecule has 0 spiro atoms. The molecule has 1 saturated carbocycles. The van der Waals surface area contributed by atoms with Crippen LogP contribution in [0.5, 0.6) is 11.5 Å². The van der Waals surface area contributed by atoms with Crippen molar-refractivity contribution in [1.82, 2.24) is 4.90 Å². The summed E-state index contributed by atoms with van der Waals surface area (Å²) in [6, 6.07) is 9.62. The Balaban J connectivity index is 1.27. The van der Waals surface area contributed by atoms with E-state index in [0.29, 0.717) is 40.7 Å². The lowest BCUT2D eigenvalue weighted by Gasteiger charge is -2.20. The van der Waals surface area contributed by atoms with Crippen LogP contribution in [0, 0.1) is 11.8 Å². The first-order valence-corrected chi connectivity index (χ1v) is 11.0. The highest BCUT2D eigenvalue weighted by molar-refractivity contribution is 6.34. The summed E-state index contributed by atoms with van der Waals surface area (Å²) in [5.41, 5.74) is 0.836. The van der Waals surface area contributed by atoms with Crippen LogP contribution in [0.3, 0.4) is 0 Å².